The van der Waals surface area contributed by atoms with Crippen LogP contribution in [0.5, 0.6) is 0 Å². The van der Waals surface area contributed by atoms with Gasteiger partial charge in [0.05, 0.1) is 21.2 Å². The number of anilines is 3. The number of hydrogen-bond donors (Lipinski definition) is 2. The molecule has 1 aromatic heterocycles. The van der Waals surface area contributed by atoms with Crippen molar-refractivity contribution in [1.82, 2.24) is 4.98 Å². The minimum absolute atomic E-state index is 0.497. The molecule has 1 heterocycles. The van der Waals surface area contributed by atoms with Crippen molar-refractivity contribution in [1.29, 1.82) is 0 Å². The first-order valence-electron chi connectivity index (χ1n) is 6.10. The van der Waals surface area contributed by atoms with Crippen LogP contribution >= 0.6 is 39.1 Å². The van der Waals surface area contributed by atoms with Crippen LogP contribution in [-0.4, -0.2) is 4.98 Å². The number of benzene rings is 2. The van der Waals surface area contributed by atoms with Crippen molar-refractivity contribution in [3.8, 4) is 0 Å². The molecule has 0 aliphatic carbocycles. The number of nitrogen functional groups attached to an aromatic ring is 1. The molecule has 106 valence electrons. The number of rotatable bonds is 2. The third-order valence-electron chi connectivity index (χ3n) is 3.05. The summed E-state index contributed by atoms with van der Waals surface area (Å²) in [6, 6.07) is 11.0. The Morgan fingerprint density at radius 1 is 1.05 bits per heavy atom. The third kappa shape index (κ3) is 2.93. The normalized spacial score (nSPS) is 10.8. The van der Waals surface area contributed by atoms with E-state index in [1.54, 1.807) is 18.3 Å². The summed E-state index contributed by atoms with van der Waals surface area (Å²) in [5.74, 6) is 0. The first-order chi connectivity index (χ1) is 10.0. The van der Waals surface area contributed by atoms with E-state index in [1.807, 2.05) is 24.3 Å². The summed E-state index contributed by atoms with van der Waals surface area (Å²) < 4.78 is 0.883. The zero-order valence-electron chi connectivity index (χ0n) is 10.7. The van der Waals surface area contributed by atoms with Gasteiger partial charge in [-0.1, -0.05) is 23.2 Å². The standard InChI is InChI=1S/C15H10BrCl2N3/c16-8-5-10-13(19)3-4-14(15(10)20-7-8)21-9-1-2-11(17)12(18)6-9/h1-7,21H,19H2. The van der Waals surface area contributed by atoms with Crippen molar-refractivity contribution in [2.45, 2.75) is 0 Å². The fraction of sp³-hybridized carbons (Fsp3) is 0. The molecule has 0 fully saturated rings. The number of pyridine rings is 1. The largest absolute Gasteiger partial charge is 0.398 e. The molecular formula is C15H10BrCl2N3. The predicted octanol–water partition coefficient (Wildman–Crippen LogP) is 5.63. The molecule has 3 nitrogen and oxygen atoms in total. The van der Waals surface area contributed by atoms with Crippen LogP contribution in [0.3, 0.4) is 0 Å². The van der Waals surface area contributed by atoms with Crippen LogP contribution in [0.2, 0.25) is 10.0 Å². The van der Waals surface area contributed by atoms with Gasteiger partial charge < -0.3 is 11.1 Å². The number of halogens is 3. The molecule has 3 rings (SSSR count). The molecule has 0 saturated heterocycles. The number of nitrogens with one attached hydrogen (secondary N) is 1. The van der Waals surface area contributed by atoms with Crippen LogP contribution in [-0.2, 0) is 0 Å². The fourth-order valence-corrected chi connectivity index (χ4v) is 2.68. The topological polar surface area (TPSA) is 50.9 Å². The fourth-order valence-electron chi connectivity index (χ4n) is 2.05. The molecule has 0 atom stereocenters. The summed E-state index contributed by atoms with van der Waals surface area (Å²) in [6.45, 7) is 0. The van der Waals surface area contributed by atoms with Crippen molar-refractivity contribution in [3.05, 3.63) is 57.1 Å². The highest BCUT2D eigenvalue weighted by Crippen LogP contribution is 2.32. The van der Waals surface area contributed by atoms with Gasteiger partial charge in [-0.2, -0.15) is 0 Å². The number of hydrogen-bond acceptors (Lipinski definition) is 3. The van der Waals surface area contributed by atoms with E-state index in [2.05, 4.69) is 26.2 Å². The average molecular weight is 383 g/mol. The zero-order valence-corrected chi connectivity index (χ0v) is 13.8. The summed E-state index contributed by atoms with van der Waals surface area (Å²) in [5, 5.41) is 5.19. The van der Waals surface area contributed by atoms with Crippen LogP contribution in [0.4, 0.5) is 17.1 Å². The Kier molecular flexibility index (Phi) is 3.93. The van der Waals surface area contributed by atoms with Crippen molar-refractivity contribution in [3.63, 3.8) is 0 Å². The second-order valence-corrected chi connectivity index (χ2v) is 6.24. The summed E-state index contributed by atoms with van der Waals surface area (Å²) in [6.07, 6.45) is 1.74. The highest BCUT2D eigenvalue weighted by Gasteiger charge is 2.07. The predicted molar refractivity (Wildman–Crippen MR) is 93.6 cm³/mol. The molecular weight excluding hydrogens is 373 g/mol. The second-order valence-electron chi connectivity index (χ2n) is 4.51. The molecule has 0 aliphatic heterocycles. The quantitative estimate of drug-likeness (QED) is 0.564. The molecule has 2 aromatic carbocycles. The minimum atomic E-state index is 0.497. The van der Waals surface area contributed by atoms with E-state index in [9.17, 15) is 0 Å². The van der Waals surface area contributed by atoms with Crippen molar-refractivity contribution < 1.29 is 0 Å². The molecule has 3 N–H and O–H groups in total. The summed E-state index contributed by atoms with van der Waals surface area (Å²) in [7, 11) is 0. The Hall–Kier alpha value is -1.49. The van der Waals surface area contributed by atoms with Gasteiger partial charge in [-0.25, -0.2) is 0 Å². The summed E-state index contributed by atoms with van der Waals surface area (Å²) in [4.78, 5) is 4.43. The van der Waals surface area contributed by atoms with Gasteiger partial charge >= 0.3 is 0 Å². The van der Waals surface area contributed by atoms with Gasteiger partial charge in [0.15, 0.2) is 0 Å². The molecule has 0 amide bonds. The van der Waals surface area contributed by atoms with Crippen molar-refractivity contribution >= 4 is 67.1 Å². The molecule has 0 spiro atoms. The smallest absolute Gasteiger partial charge is 0.0958 e. The second kappa shape index (κ2) is 5.72. The van der Waals surface area contributed by atoms with Crippen LogP contribution in [0.15, 0.2) is 47.1 Å². The average Bonchev–Trinajstić information content (AvgIpc) is 2.46. The first-order valence-corrected chi connectivity index (χ1v) is 7.65. The molecule has 0 aliphatic rings. The van der Waals surface area contributed by atoms with E-state index in [0.29, 0.717) is 15.7 Å². The van der Waals surface area contributed by atoms with Gasteiger partial charge in [-0.3, -0.25) is 4.98 Å². The molecule has 0 radical (unpaired) electrons. The van der Waals surface area contributed by atoms with Gasteiger partial charge in [-0.05, 0) is 52.3 Å². The van der Waals surface area contributed by atoms with E-state index in [4.69, 9.17) is 28.9 Å². The SMILES string of the molecule is Nc1ccc(Nc2ccc(Cl)c(Cl)c2)c2ncc(Br)cc12. The van der Waals surface area contributed by atoms with Crippen LogP contribution < -0.4 is 11.1 Å². The molecule has 0 saturated carbocycles. The minimum Gasteiger partial charge on any atom is -0.398 e. The van der Waals surface area contributed by atoms with Crippen LogP contribution in [0, 0.1) is 0 Å². The summed E-state index contributed by atoms with van der Waals surface area (Å²) >= 11 is 15.4. The lowest BCUT2D eigenvalue weighted by Gasteiger charge is -2.11. The molecule has 3 aromatic rings. The van der Waals surface area contributed by atoms with Gasteiger partial charge in [0.1, 0.15) is 0 Å². The van der Waals surface area contributed by atoms with E-state index in [1.165, 1.54) is 0 Å². The lowest BCUT2D eigenvalue weighted by Crippen LogP contribution is -1.96. The summed E-state index contributed by atoms with van der Waals surface area (Å²) in [5.41, 5.74) is 9.16. The van der Waals surface area contributed by atoms with Gasteiger partial charge in [0.25, 0.3) is 0 Å². The Morgan fingerprint density at radius 2 is 1.86 bits per heavy atom. The molecule has 6 heteroatoms. The van der Waals surface area contributed by atoms with Gasteiger partial charge in [-0.15, -0.1) is 0 Å². The van der Waals surface area contributed by atoms with Gasteiger partial charge in [0.2, 0.25) is 0 Å². The molecule has 0 bridgehead atoms. The zero-order chi connectivity index (χ0) is 15.0. The Labute approximate surface area is 140 Å². The Balaban J connectivity index is 2.08. The number of nitrogens with two attached hydrogens (primary N) is 1. The maximum Gasteiger partial charge on any atom is 0.0958 e. The molecule has 21 heavy (non-hydrogen) atoms. The highest BCUT2D eigenvalue weighted by atomic mass is 79.9. The number of aromatic nitrogens is 1. The van der Waals surface area contributed by atoms with E-state index in [-0.39, 0.29) is 0 Å². The lowest BCUT2D eigenvalue weighted by atomic mass is 10.1. The lowest BCUT2D eigenvalue weighted by molar-refractivity contribution is 1.38. The number of nitrogens with zero attached hydrogens (tertiary/aromatic N) is 1. The van der Waals surface area contributed by atoms with E-state index >= 15 is 0 Å². The van der Waals surface area contributed by atoms with Crippen LogP contribution in [0.1, 0.15) is 0 Å². The van der Waals surface area contributed by atoms with E-state index < -0.39 is 0 Å². The number of fused-ring (bicyclic) bond motifs is 1. The highest BCUT2D eigenvalue weighted by molar-refractivity contribution is 9.10. The Morgan fingerprint density at radius 3 is 2.62 bits per heavy atom. The van der Waals surface area contributed by atoms with Crippen molar-refractivity contribution in [2.24, 2.45) is 0 Å². The monoisotopic (exact) mass is 381 g/mol. The maximum atomic E-state index is 6.03. The van der Waals surface area contributed by atoms with Crippen molar-refractivity contribution in [2.75, 3.05) is 11.1 Å². The first kappa shape index (κ1) is 14.4. The third-order valence-corrected chi connectivity index (χ3v) is 4.22. The van der Waals surface area contributed by atoms with E-state index in [0.717, 1.165) is 26.8 Å². The maximum absolute atomic E-state index is 6.03. The molecule has 0 unspecified atom stereocenters. The van der Waals surface area contributed by atoms with Gasteiger partial charge in [0, 0.05) is 27.4 Å². The Bertz CT molecular complexity index is 837. The van der Waals surface area contributed by atoms with Crippen LogP contribution in [0.25, 0.3) is 10.9 Å².